The van der Waals surface area contributed by atoms with Crippen LogP contribution in [0, 0.1) is 5.92 Å². The van der Waals surface area contributed by atoms with Gasteiger partial charge in [0.2, 0.25) is 0 Å². The van der Waals surface area contributed by atoms with Gasteiger partial charge in [-0.3, -0.25) is 19.3 Å². The second kappa shape index (κ2) is 10.6. The molecule has 3 heterocycles. The van der Waals surface area contributed by atoms with E-state index in [1.807, 2.05) is 0 Å². The number of anilines is 1. The number of carbonyl (C=O) groups is 4. The molecule has 3 aliphatic rings. The van der Waals surface area contributed by atoms with E-state index in [-0.39, 0.29) is 46.5 Å². The molecule has 2 amide bonds. The van der Waals surface area contributed by atoms with Crippen molar-refractivity contribution in [3.63, 3.8) is 0 Å². The minimum absolute atomic E-state index is 0.156. The monoisotopic (exact) mass is 523 g/mol. The molecule has 1 aromatic heterocycles. The van der Waals surface area contributed by atoms with Gasteiger partial charge in [-0.15, -0.1) is 23.1 Å². The van der Waals surface area contributed by atoms with E-state index in [1.165, 1.54) is 24.3 Å². The predicted octanol–water partition coefficient (Wildman–Crippen LogP) is 0.938. The molecule has 4 rings (SSSR count). The molecule has 2 fully saturated rings. The number of oxime groups is 1. The zero-order valence-electron chi connectivity index (χ0n) is 18.9. The van der Waals surface area contributed by atoms with Crippen LogP contribution in [0.15, 0.2) is 21.8 Å². The Morgan fingerprint density at radius 3 is 2.69 bits per heavy atom. The Kier molecular flexibility index (Phi) is 7.60. The lowest BCUT2D eigenvalue weighted by molar-refractivity contribution is -0.151. The molecule has 0 bridgehead atoms. The summed E-state index contributed by atoms with van der Waals surface area (Å²) in [5.74, 6) is -2.84. The highest BCUT2D eigenvalue weighted by molar-refractivity contribution is 8.00. The number of nitrogen functional groups attached to an aromatic ring is 1. The van der Waals surface area contributed by atoms with Gasteiger partial charge < -0.3 is 25.7 Å². The van der Waals surface area contributed by atoms with Gasteiger partial charge in [-0.2, -0.15) is 0 Å². The Morgan fingerprint density at radius 1 is 1.31 bits per heavy atom. The SMILES string of the molecule is CON=C(C(=O)NC1C(=O)N2C(C(=O)O)=C(COC(=O)C3CCCCC3)CS[C@@H]12)c1csc(N)n1. The first-order chi connectivity index (χ1) is 16.8. The van der Waals surface area contributed by atoms with Crippen LogP contribution >= 0.6 is 23.1 Å². The molecular weight excluding hydrogens is 498 g/mol. The van der Waals surface area contributed by atoms with E-state index in [0.717, 1.165) is 48.3 Å². The minimum atomic E-state index is -1.29. The number of carbonyl (C=O) groups excluding carboxylic acids is 3. The van der Waals surface area contributed by atoms with Crippen LogP contribution < -0.4 is 11.1 Å². The Bertz CT molecular complexity index is 1100. The highest BCUT2D eigenvalue weighted by Gasteiger charge is 2.54. The molecule has 0 aromatic carbocycles. The zero-order chi connectivity index (χ0) is 25.1. The van der Waals surface area contributed by atoms with Gasteiger partial charge in [-0.25, -0.2) is 9.78 Å². The maximum Gasteiger partial charge on any atom is 0.352 e. The van der Waals surface area contributed by atoms with Crippen LogP contribution in [0.25, 0.3) is 0 Å². The molecule has 2 atom stereocenters. The average Bonchev–Trinajstić information content (AvgIpc) is 3.29. The number of thioether (sulfide) groups is 1. The van der Waals surface area contributed by atoms with Gasteiger partial charge in [0.05, 0.1) is 5.92 Å². The maximum absolute atomic E-state index is 12.9. The fourth-order valence-electron chi connectivity index (χ4n) is 4.31. The first-order valence-corrected chi connectivity index (χ1v) is 12.9. The van der Waals surface area contributed by atoms with Gasteiger partial charge in [0.25, 0.3) is 11.8 Å². The van der Waals surface area contributed by atoms with Gasteiger partial charge in [-0.05, 0) is 12.8 Å². The first-order valence-electron chi connectivity index (χ1n) is 11.0. The van der Waals surface area contributed by atoms with Gasteiger partial charge in [0.15, 0.2) is 10.8 Å². The molecule has 2 aliphatic heterocycles. The van der Waals surface area contributed by atoms with Crippen LogP contribution in [-0.4, -0.2) is 75.3 Å². The molecule has 1 saturated carbocycles. The van der Waals surface area contributed by atoms with Gasteiger partial charge >= 0.3 is 11.9 Å². The van der Waals surface area contributed by atoms with Crippen LogP contribution in [-0.2, 0) is 28.8 Å². The fraction of sp³-hybridized carbons (Fsp3) is 0.524. The molecule has 4 N–H and O–H groups in total. The number of esters is 1. The van der Waals surface area contributed by atoms with Gasteiger partial charge in [0.1, 0.15) is 36.5 Å². The number of fused-ring (bicyclic) bond motifs is 1. The predicted molar refractivity (Wildman–Crippen MR) is 127 cm³/mol. The molecule has 1 saturated heterocycles. The van der Waals surface area contributed by atoms with E-state index in [2.05, 4.69) is 15.5 Å². The number of nitrogens with one attached hydrogen (secondary N) is 1. The highest BCUT2D eigenvalue weighted by atomic mass is 32.2. The van der Waals surface area contributed by atoms with Crippen molar-refractivity contribution in [1.29, 1.82) is 0 Å². The number of nitrogens with zero attached hydrogens (tertiary/aromatic N) is 3. The number of thiazole rings is 1. The number of nitrogens with two attached hydrogens (primary N) is 1. The summed E-state index contributed by atoms with van der Waals surface area (Å²) < 4.78 is 5.42. The van der Waals surface area contributed by atoms with Crippen molar-refractivity contribution in [2.75, 3.05) is 25.2 Å². The Labute approximate surface area is 208 Å². The van der Waals surface area contributed by atoms with Crippen LogP contribution in [0.3, 0.4) is 0 Å². The summed E-state index contributed by atoms with van der Waals surface area (Å²) in [4.78, 5) is 60.0. The van der Waals surface area contributed by atoms with Gasteiger partial charge in [-0.1, -0.05) is 24.4 Å². The Morgan fingerprint density at radius 2 is 2.06 bits per heavy atom. The lowest BCUT2D eigenvalue weighted by Crippen LogP contribution is -2.71. The molecular formula is C21H25N5O7S2. The second-order valence-electron chi connectivity index (χ2n) is 8.25. The van der Waals surface area contributed by atoms with E-state index in [1.54, 1.807) is 0 Å². The molecule has 35 heavy (non-hydrogen) atoms. The van der Waals surface area contributed by atoms with Gasteiger partial charge in [0, 0.05) is 16.7 Å². The normalized spacial score (nSPS) is 22.8. The van der Waals surface area contributed by atoms with Crippen molar-refractivity contribution >= 4 is 57.7 Å². The Hall–Kier alpha value is -3.13. The van der Waals surface area contributed by atoms with Crippen molar-refractivity contribution in [3.05, 3.63) is 22.3 Å². The van der Waals surface area contributed by atoms with Crippen molar-refractivity contribution in [2.45, 2.75) is 43.5 Å². The second-order valence-corrected chi connectivity index (χ2v) is 10.2. The summed E-state index contributed by atoms with van der Waals surface area (Å²) in [5.41, 5.74) is 5.80. The lowest BCUT2D eigenvalue weighted by atomic mass is 9.89. The Balaban J connectivity index is 1.44. The summed E-state index contributed by atoms with van der Waals surface area (Å²) in [6, 6.07) is -0.966. The number of rotatable bonds is 8. The largest absolute Gasteiger partial charge is 0.477 e. The number of β-lactam (4-membered cyclic amide) rings is 1. The standard InChI is InChI=1S/C21H25N5O7S2/c1-32-25-13(12-9-35-21(22)23-12)16(27)24-14-17(28)26-15(19(29)30)11(8-34-18(14)26)7-33-20(31)10-5-3-2-4-6-10/h9-10,14,18H,2-8H2,1H3,(H2,22,23)(H,24,27)(H,29,30)/t14?,18-/m0/s1. The van der Waals surface area contributed by atoms with E-state index in [9.17, 15) is 24.3 Å². The quantitative estimate of drug-likeness (QED) is 0.192. The number of ether oxygens (including phenoxy) is 1. The minimum Gasteiger partial charge on any atom is -0.477 e. The number of aliphatic carboxylic acids is 1. The summed E-state index contributed by atoms with van der Waals surface area (Å²) in [6.07, 6.45) is 4.59. The van der Waals surface area contributed by atoms with Crippen molar-refractivity contribution < 1.29 is 33.9 Å². The molecule has 12 nitrogen and oxygen atoms in total. The van der Waals surface area contributed by atoms with E-state index < -0.39 is 29.2 Å². The molecule has 188 valence electrons. The third kappa shape index (κ3) is 5.12. The third-order valence-electron chi connectivity index (χ3n) is 6.03. The number of aromatic nitrogens is 1. The summed E-state index contributed by atoms with van der Waals surface area (Å²) in [7, 11) is 1.27. The topological polar surface area (TPSA) is 174 Å². The molecule has 14 heteroatoms. The maximum atomic E-state index is 12.9. The fourth-order valence-corrected chi connectivity index (χ4v) is 6.19. The number of amides is 2. The summed E-state index contributed by atoms with van der Waals surface area (Å²) in [5, 5.41) is 17.2. The smallest absolute Gasteiger partial charge is 0.352 e. The third-order valence-corrected chi connectivity index (χ3v) is 8.04. The molecule has 0 spiro atoms. The van der Waals surface area contributed by atoms with Crippen LogP contribution in [0.2, 0.25) is 0 Å². The summed E-state index contributed by atoms with van der Waals surface area (Å²) in [6.45, 7) is -0.187. The highest BCUT2D eigenvalue weighted by Crippen LogP contribution is 2.40. The number of carboxylic acids is 1. The van der Waals surface area contributed by atoms with Crippen LogP contribution in [0.1, 0.15) is 37.8 Å². The number of carboxylic acid groups (broad SMARTS) is 1. The number of hydrogen-bond donors (Lipinski definition) is 3. The molecule has 1 aliphatic carbocycles. The van der Waals surface area contributed by atoms with Crippen molar-refractivity contribution in [3.8, 4) is 0 Å². The first kappa shape index (κ1) is 25.0. The van der Waals surface area contributed by atoms with E-state index in [0.29, 0.717) is 5.57 Å². The summed E-state index contributed by atoms with van der Waals surface area (Å²) >= 11 is 2.40. The molecule has 1 aromatic rings. The van der Waals surface area contributed by atoms with Crippen molar-refractivity contribution in [2.24, 2.45) is 11.1 Å². The van der Waals surface area contributed by atoms with E-state index >= 15 is 0 Å². The lowest BCUT2D eigenvalue weighted by Gasteiger charge is -2.49. The number of hydrogen-bond acceptors (Lipinski definition) is 11. The molecule has 0 radical (unpaired) electrons. The van der Waals surface area contributed by atoms with Crippen LogP contribution in [0.4, 0.5) is 5.13 Å². The van der Waals surface area contributed by atoms with E-state index in [4.69, 9.17) is 15.3 Å². The van der Waals surface area contributed by atoms with Crippen LogP contribution in [0.5, 0.6) is 0 Å². The zero-order valence-corrected chi connectivity index (χ0v) is 20.5. The average molecular weight is 524 g/mol. The van der Waals surface area contributed by atoms with Crippen molar-refractivity contribution in [1.82, 2.24) is 15.2 Å². The molecule has 1 unspecified atom stereocenters.